The van der Waals surface area contributed by atoms with E-state index in [9.17, 15) is 9.59 Å². The van der Waals surface area contributed by atoms with Gasteiger partial charge in [0.15, 0.2) is 0 Å². The van der Waals surface area contributed by atoms with E-state index in [1.165, 1.54) is 11.8 Å². The van der Waals surface area contributed by atoms with Crippen molar-refractivity contribution in [3.63, 3.8) is 0 Å². The number of nitrogens with zero attached hydrogens (tertiary/aromatic N) is 2. The van der Waals surface area contributed by atoms with Crippen LogP contribution in [0.5, 0.6) is 0 Å². The Bertz CT molecular complexity index is 533. The van der Waals surface area contributed by atoms with Gasteiger partial charge in [0, 0.05) is 6.54 Å². The maximum atomic E-state index is 11.6. The summed E-state index contributed by atoms with van der Waals surface area (Å²) in [5, 5.41) is 0. The number of aromatic nitrogens is 1. The standard InChI is InChI=1S/C11H18N4O3S/c1-4-5-6-13-11-15(14-10(12)17)7(2)8(19-11)9(16)18-3/h4-6H2,1-3H3,(H3,12,14,17). The molecule has 3 N–H and O–H groups in total. The minimum absolute atomic E-state index is 0.395. The molecule has 0 fully saturated rings. The molecule has 1 heterocycles. The number of hydrogen-bond donors (Lipinski definition) is 2. The monoisotopic (exact) mass is 286 g/mol. The highest BCUT2D eigenvalue weighted by atomic mass is 32.1. The number of ether oxygens (including phenoxy) is 1. The molecule has 0 saturated carbocycles. The van der Waals surface area contributed by atoms with Crippen LogP contribution in [0.1, 0.15) is 35.1 Å². The summed E-state index contributed by atoms with van der Waals surface area (Å²) in [6.07, 6.45) is 1.95. The number of esters is 1. The number of carbonyl (C=O) groups excluding carboxylic acids is 2. The Labute approximate surface area is 115 Å². The van der Waals surface area contributed by atoms with E-state index in [4.69, 9.17) is 5.73 Å². The Hall–Kier alpha value is -1.83. The summed E-state index contributed by atoms with van der Waals surface area (Å²) < 4.78 is 6.10. The predicted molar refractivity (Wildman–Crippen MR) is 72.7 cm³/mol. The molecule has 0 aromatic carbocycles. The van der Waals surface area contributed by atoms with Gasteiger partial charge in [-0.3, -0.25) is 4.99 Å². The number of primary amides is 1. The van der Waals surface area contributed by atoms with Crippen LogP contribution in [-0.4, -0.2) is 30.3 Å². The largest absolute Gasteiger partial charge is 0.465 e. The van der Waals surface area contributed by atoms with E-state index >= 15 is 0 Å². The first-order valence-electron chi connectivity index (χ1n) is 5.89. The third-order valence-corrected chi connectivity index (χ3v) is 3.56. The minimum atomic E-state index is -0.714. The van der Waals surface area contributed by atoms with Gasteiger partial charge in [-0.05, 0) is 13.3 Å². The van der Waals surface area contributed by atoms with Gasteiger partial charge in [-0.25, -0.2) is 19.7 Å². The number of carbonyl (C=O) groups is 2. The van der Waals surface area contributed by atoms with Crippen molar-refractivity contribution in [2.24, 2.45) is 10.7 Å². The van der Waals surface area contributed by atoms with E-state index in [2.05, 4.69) is 22.1 Å². The number of nitrogens with two attached hydrogens (primary N) is 1. The average Bonchev–Trinajstić information content (AvgIpc) is 2.66. The van der Waals surface area contributed by atoms with Crippen LogP contribution in [0.4, 0.5) is 4.79 Å². The Morgan fingerprint density at radius 3 is 2.74 bits per heavy atom. The molecule has 0 aliphatic rings. The smallest absolute Gasteiger partial charge is 0.350 e. The Morgan fingerprint density at radius 1 is 1.53 bits per heavy atom. The minimum Gasteiger partial charge on any atom is -0.465 e. The number of amides is 2. The molecule has 2 amide bonds. The quantitative estimate of drug-likeness (QED) is 0.623. The van der Waals surface area contributed by atoms with Crippen LogP contribution >= 0.6 is 11.3 Å². The summed E-state index contributed by atoms with van der Waals surface area (Å²) in [7, 11) is 1.31. The zero-order chi connectivity index (χ0) is 14.4. The highest BCUT2D eigenvalue weighted by molar-refractivity contribution is 7.11. The van der Waals surface area contributed by atoms with Gasteiger partial charge in [0.2, 0.25) is 4.80 Å². The van der Waals surface area contributed by atoms with E-state index in [0.29, 0.717) is 21.9 Å². The summed E-state index contributed by atoms with van der Waals surface area (Å²) in [6, 6.07) is -0.714. The molecule has 7 nitrogen and oxygen atoms in total. The molecule has 0 aliphatic carbocycles. The molecule has 0 saturated heterocycles. The molecule has 0 atom stereocenters. The van der Waals surface area contributed by atoms with Gasteiger partial charge in [-0.1, -0.05) is 24.7 Å². The van der Waals surface area contributed by atoms with Crippen LogP contribution in [-0.2, 0) is 4.74 Å². The van der Waals surface area contributed by atoms with Crippen LogP contribution in [0.3, 0.4) is 0 Å². The number of thiazole rings is 1. The molecule has 1 rings (SSSR count). The fourth-order valence-corrected chi connectivity index (χ4v) is 2.43. The van der Waals surface area contributed by atoms with Crippen molar-refractivity contribution in [3.8, 4) is 0 Å². The molecule has 0 bridgehead atoms. The van der Waals surface area contributed by atoms with Gasteiger partial charge in [-0.15, -0.1) is 0 Å². The van der Waals surface area contributed by atoms with Crippen LogP contribution in [0.25, 0.3) is 0 Å². The maximum absolute atomic E-state index is 11.6. The fraction of sp³-hybridized carbons (Fsp3) is 0.545. The lowest BCUT2D eigenvalue weighted by molar-refractivity contribution is 0.0605. The Kier molecular flexibility index (Phi) is 5.56. The molecular formula is C11H18N4O3S. The lowest BCUT2D eigenvalue weighted by Crippen LogP contribution is -2.35. The summed E-state index contributed by atoms with van der Waals surface area (Å²) in [5.41, 5.74) is 8.09. The lowest BCUT2D eigenvalue weighted by Gasteiger charge is -2.05. The average molecular weight is 286 g/mol. The van der Waals surface area contributed by atoms with Gasteiger partial charge in [-0.2, -0.15) is 0 Å². The number of methoxy groups -OCH3 is 1. The molecule has 8 heteroatoms. The highest BCUT2D eigenvalue weighted by Crippen LogP contribution is 2.12. The predicted octanol–water partition coefficient (Wildman–Crippen LogP) is 0.968. The van der Waals surface area contributed by atoms with Crippen LogP contribution in [0.15, 0.2) is 4.99 Å². The molecule has 1 aromatic rings. The first-order chi connectivity index (χ1) is 9.01. The van der Waals surface area contributed by atoms with Crippen molar-refractivity contribution in [2.45, 2.75) is 26.7 Å². The van der Waals surface area contributed by atoms with Crippen molar-refractivity contribution < 1.29 is 14.3 Å². The van der Waals surface area contributed by atoms with Gasteiger partial charge in [0.25, 0.3) is 0 Å². The van der Waals surface area contributed by atoms with E-state index in [-0.39, 0.29) is 0 Å². The van der Waals surface area contributed by atoms with E-state index in [0.717, 1.165) is 24.2 Å². The number of nitrogens with one attached hydrogen (secondary N) is 1. The molecule has 0 radical (unpaired) electrons. The van der Waals surface area contributed by atoms with E-state index in [1.54, 1.807) is 6.92 Å². The molecule has 0 aliphatic heterocycles. The SMILES string of the molecule is CCCCN=c1sc(C(=O)OC)c(C)n1NC(N)=O. The summed E-state index contributed by atoms with van der Waals surface area (Å²) in [6.45, 7) is 4.37. The summed E-state index contributed by atoms with van der Waals surface area (Å²) >= 11 is 1.16. The second-order valence-electron chi connectivity index (χ2n) is 3.84. The van der Waals surface area contributed by atoms with Crippen molar-refractivity contribution >= 4 is 23.3 Å². The van der Waals surface area contributed by atoms with Crippen molar-refractivity contribution in [3.05, 3.63) is 15.4 Å². The summed E-state index contributed by atoms with van der Waals surface area (Å²) in [5.74, 6) is -0.459. The first kappa shape index (κ1) is 15.2. The number of rotatable bonds is 5. The number of hydrogen-bond acceptors (Lipinski definition) is 5. The normalized spacial score (nSPS) is 11.4. The van der Waals surface area contributed by atoms with Crippen molar-refractivity contribution in [1.29, 1.82) is 0 Å². The van der Waals surface area contributed by atoms with Crippen molar-refractivity contribution in [2.75, 3.05) is 19.1 Å². The van der Waals surface area contributed by atoms with Crippen LogP contribution < -0.4 is 16.0 Å². The van der Waals surface area contributed by atoms with Gasteiger partial charge < -0.3 is 10.5 Å². The number of unbranched alkanes of at least 4 members (excludes halogenated alkanes) is 1. The Balaban J connectivity index is 3.23. The van der Waals surface area contributed by atoms with E-state index < -0.39 is 12.0 Å². The first-order valence-corrected chi connectivity index (χ1v) is 6.70. The van der Waals surface area contributed by atoms with Crippen LogP contribution in [0.2, 0.25) is 0 Å². The zero-order valence-electron chi connectivity index (χ0n) is 11.2. The molecule has 1 aromatic heterocycles. The fourth-order valence-electron chi connectivity index (χ4n) is 1.42. The molecule has 0 unspecified atom stereocenters. The van der Waals surface area contributed by atoms with Gasteiger partial charge in [0.1, 0.15) is 4.88 Å². The topological polar surface area (TPSA) is 98.7 Å². The summed E-state index contributed by atoms with van der Waals surface area (Å²) in [4.78, 5) is 27.9. The zero-order valence-corrected chi connectivity index (χ0v) is 12.0. The highest BCUT2D eigenvalue weighted by Gasteiger charge is 2.17. The maximum Gasteiger partial charge on any atom is 0.350 e. The molecular weight excluding hydrogens is 268 g/mol. The van der Waals surface area contributed by atoms with Gasteiger partial charge >= 0.3 is 12.0 Å². The third kappa shape index (κ3) is 3.82. The lowest BCUT2D eigenvalue weighted by atomic mass is 10.3. The second kappa shape index (κ2) is 6.93. The molecule has 19 heavy (non-hydrogen) atoms. The third-order valence-electron chi connectivity index (χ3n) is 2.40. The van der Waals surface area contributed by atoms with E-state index in [1.807, 2.05) is 0 Å². The van der Waals surface area contributed by atoms with Gasteiger partial charge in [0.05, 0.1) is 12.8 Å². The second-order valence-corrected chi connectivity index (χ2v) is 4.82. The van der Waals surface area contributed by atoms with Crippen LogP contribution in [0, 0.1) is 6.92 Å². The van der Waals surface area contributed by atoms with Crippen molar-refractivity contribution in [1.82, 2.24) is 4.68 Å². The molecule has 0 spiro atoms. The number of urea groups is 1. The Morgan fingerprint density at radius 2 is 2.21 bits per heavy atom. The molecule has 106 valence electrons.